The van der Waals surface area contributed by atoms with E-state index in [1.54, 1.807) is 11.3 Å². The number of fused-ring (bicyclic) bond motifs is 1. The van der Waals surface area contributed by atoms with Crippen LogP contribution in [-0.2, 0) is 13.0 Å². The van der Waals surface area contributed by atoms with Gasteiger partial charge in [0, 0.05) is 18.5 Å². The summed E-state index contributed by atoms with van der Waals surface area (Å²) in [6.45, 7) is 2.97. The Labute approximate surface area is 212 Å². The number of benzene rings is 2. The number of thiophene rings is 1. The van der Waals surface area contributed by atoms with Gasteiger partial charge in [-0.1, -0.05) is 67.9 Å². The van der Waals surface area contributed by atoms with Crippen molar-refractivity contribution in [1.82, 2.24) is 35.2 Å². The second-order valence-electron chi connectivity index (χ2n) is 8.73. The minimum atomic E-state index is 0.592. The molecule has 8 heteroatoms. The molecule has 6 rings (SSSR count). The minimum absolute atomic E-state index is 0.592. The summed E-state index contributed by atoms with van der Waals surface area (Å²) in [5.41, 5.74) is 7.42. The fourth-order valence-corrected chi connectivity index (χ4v) is 5.21. The van der Waals surface area contributed by atoms with E-state index in [0.717, 1.165) is 65.0 Å². The fraction of sp³-hybridized carbons (Fsp3) is 0.179. The molecule has 7 nitrogen and oxygen atoms in total. The van der Waals surface area contributed by atoms with Gasteiger partial charge in [0.25, 0.3) is 0 Å². The summed E-state index contributed by atoms with van der Waals surface area (Å²) in [4.78, 5) is 11.0. The maximum Gasteiger partial charge on any atom is 0.205 e. The van der Waals surface area contributed by atoms with Crippen LogP contribution >= 0.6 is 11.3 Å². The molecule has 0 unspecified atom stereocenters. The number of nitrogens with zero attached hydrogens (tertiary/aromatic N) is 6. The Hall–Kier alpha value is -4.17. The highest BCUT2D eigenvalue weighted by Crippen LogP contribution is 2.31. The summed E-state index contributed by atoms with van der Waals surface area (Å²) in [5, 5.41) is 16.7. The van der Waals surface area contributed by atoms with Gasteiger partial charge in [0.15, 0.2) is 0 Å². The predicted molar refractivity (Wildman–Crippen MR) is 144 cm³/mol. The first-order valence-corrected chi connectivity index (χ1v) is 13.0. The minimum Gasteiger partial charge on any atom is -0.322 e. The summed E-state index contributed by atoms with van der Waals surface area (Å²) in [7, 11) is 0. The van der Waals surface area contributed by atoms with Crippen LogP contribution in [0, 0.1) is 0 Å². The van der Waals surface area contributed by atoms with E-state index in [2.05, 4.69) is 86.0 Å². The molecular formula is C28H25N7S. The molecule has 0 fully saturated rings. The number of hydrogen-bond acceptors (Lipinski definition) is 6. The first kappa shape index (κ1) is 22.3. The molecule has 0 amide bonds. The molecule has 0 radical (unpaired) electrons. The number of aromatic nitrogens is 7. The fourth-order valence-electron chi connectivity index (χ4n) is 4.51. The molecule has 1 N–H and O–H groups in total. The van der Waals surface area contributed by atoms with Gasteiger partial charge in [-0.3, -0.25) is 4.98 Å². The molecule has 0 aliphatic heterocycles. The molecule has 0 bridgehead atoms. The van der Waals surface area contributed by atoms with Crippen molar-refractivity contribution in [3.63, 3.8) is 0 Å². The van der Waals surface area contributed by atoms with Crippen LogP contribution in [0.25, 0.3) is 44.1 Å². The monoisotopic (exact) mass is 491 g/mol. The molecule has 0 spiro atoms. The Bertz CT molecular complexity index is 1580. The van der Waals surface area contributed by atoms with Gasteiger partial charge < -0.3 is 4.57 Å². The third-order valence-corrected chi connectivity index (χ3v) is 7.25. The van der Waals surface area contributed by atoms with E-state index in [9.17, 15) is 0 Å². The number of tetrazole rings is 1. The summed E-state index contributed by atoms with van der Waals surface area (Å²) >= 11 is 1.70. The van der Waals surface area contributed by atoms with E-state index >= 15 is 0 Å². The molecule has 4 heterocycles. The maximum atomic E-state index is 5.03. The van der Waals surface area contributed by atoms with Crippen molar-refractivity contribution in [2.45, 2.75) is 32.7 Å². The molecule has 0 saturated heterocycles. The van der Waals surface area contributed by atoms with Crippen LogP contribution in [0.5, 0.6) is 0 Å². The van der Waals surface area contributed by atoms with Crippen LogP contribution in [0.15, 0.2) is 78.3 Å². The lowest BCUT2D eigenvalue weighted by Gasteiger charge is -2.11. The lowest BCUT2D eigenvalue weighted by molar-refractivity contribution is 0.689. The Morgan fingerprint density at radius 3 is 2.58 bits per heavy atom. The SMILES string of the molecule is CCCCc1nc2cc(-c3cccs3)ncc2n1Cc1ccc(-c2ccccc2-c2nn[nH]n2)cc1. The molecule has 2 aromatic carbocycles. The number of H-pyrrole nitrogens is 1. The zero-order valence-electron chi connectivity index (χ0n) is 19.9. The van der Waals surface area contributed by atoms with Crippen LogP contribution in [0.3, 0.4) is 0 Å². The van der Waals surface area contributed by atoms with Gasteiger partial charge in [0.2, 0.25) is 5.82 Å². The number of aromatic amines is 1. The average Bonchev–Trinajstić information content (AvgIpc) is 3.70. The van der Waals surface area contributed by atoms with Gasteiger partial charge in [-0.15, -0.1) is 21.5 Å². The quantitative estimate of drug-likeness (QED) is 0.266. The van der Waals surface area contributed by atoms with Crippen LogP contribution in [-0.4, -0.2) is 35.2 Å². The summed E-state index contributed by atoms with van der Waals surface area (Å²) in [5.74, 6) is 1.71. The molecule has 178 valence electrons. The van der Waals surface area contributed by atoms with Crippen LogP contribution in [0.2, 0.25) is 0 Å². The molecule has 4 aromatic heterocycles. The first-order chi connectivity index (χ1) is 17.8. The lowest BCUT2D eigenvalue weighted by atomic mass is 9.98. The third kappa shape index (κ3) is 4.31. The van der Waals surface area contributed by atoms with Gasteiger partial charge >= 0.3 is 0 Å². The molecule has 0 saturated carbocycles. The van der Waals surface area contributed by atoms with Crippen LogP contribution in [0.4, 0.5) is 0 Å². The number of aryl methyl sites for hydroxylation is 1. The number of rotatable bonds is 8. The molecule has 0 atom stereocenters. The molecule has 0 aliphatic rings. The van der Waals surface area contributed by atoms with Gasteiger partial charge in [-0.2, -0.15) is 5.21 Å². The van der Waals surface area contributed by atoms with Gasteiger partial charge in [-0.05, 0) is 45.8 Å². The Morgan fingerprint density at radius 1 is 0.972 bits per heavy atom. The zero-order chi connectivity index (χ0) is 24.3. The highest BCUT2D eigenvalue weighted by Gasteiger charge is 2.14. The normalized spacial score (nSPS) is 11.4. The highest BCUT2D eigenvalue weighted by atomic mass is 32.1. The van der Waals surface area contributed by atoms with Crippen molar-refractivity contribution >= 4 is 22.4 Å². The van der Waals surface area contributed by atoms with Crippen molar-refractivity contribution in [1.29, 1.82) is 0 Å². The standard InChI is InChI=1S/C28H25N7S/c1-2-3-10-27-30-23-16-24(26-9-6-15-36-26)29-17-25(23)35(27)18-19-11-13-20(14-12-19)21-7-4-5-8-22(21)28-31-33-34-32-28/h4-9,11-17H,2-3,10,18H2,1H3,(H,31,32,33,34). The summed E-state index contributed by atoms with van der Waals surface area (Å²) in [6.07, 6.45) is 5.18. The van der Waals surface area contributed by atoms with E-state index in [0.29, 0.717) is 5.82 Å². The summed E-state index contributed by atoms with van der Waals surface area (Å²) < 4.78 is 2.32. The van der Waals surface area contributed by atoms with Crippen molar-refractivity contribution < 1.29 is 0 Å². The number of pyridine rings is 1. The van der Waals surface area contributed by atoms with E-state index in [4.69, 9.17) is 9.97 Å². The number of imidazole rings is 1. The second-order valence-corrected chi connectivity index (χ2v) is 9.68. The predicted octanol–water partition coefficient (Wildman–Crippen LogP) is 6.40. The average molecular weight is 492 g/mol. The number of nitrogens with one attached hydrogen (secondary N) is 1. The zero-order valence-corrected chi connectivity index (χ0v) is 20.7. The van der Waals surface area contributed by atoms with Crippen molar-refractivity contribution in [2.75, 3.05) is 0 Å². The Balaban J connectivity index is 1.33. The van der Waals surface area contributed by atoms with Crippen molar-refractivity contribution in [3.8, 4) is 33.1 Å². The van der Waals surface area contributed by atoms with Crippen LogP contribution < -0.4 is 0 Å². The molecular weight excluding hydrogens is 466 g/mol. The smallest absolute Gasteiger partial charge is 0.205 e. The Morgan fingerprint density at radius 2 is 1.83 bits per heavy atom. The van der Waals surface area contributed by atoms with Crippen LogP contribution in [0.1, 0.15) is 31.2 Å². The molecule has 36 heavy (non-hydrogen) atoms. The van der Waals surface area contributed by atoms with Crippen molar-refractivity contribution in [2.24, 2.45) is 0 Å². The van der Waals surface area contributed by atoms with Gasteiger partial charge in [-0.25, -0.2) is 4.98 Å². The largest absolute Gasteiger partial charge is 0.322 e. The number of unbranched alkanes of at least 4 members (excludes halogenated alkanes) is 1. The van der Waals surface area contributed by atoms with E-state index in [1.807, 2.05) is 24.4 Å². The van der Waals surface area contributed by atoms with E-state index < -0.39 is 0 Å². The van der Waals surface area contributed by atoms with Crippen molar-refractivity contribution in [3.05, 3.63) is 89.7 Å². The highest BCUT2D eigenvalue weighted by molar-refractivity contribution is 7.13. The molecule has 0 aliphatic carbocycles. The number of hydrogen-bond donors (Lipinski definition) is 1. The lowest BCUT2D eigenvalue weighted by Crippen LogP contribution is -2.05. The van der Waals surface area contributed by atoms with Gasteiger partial charge in [0.1, 0.15) is 5.82 Å². The van der Waals surface area contributed by atoms with E-state index in [-0.39, 0.29) is 0 Å². The third-order valence-electron chi connectivity index (χ3n) is 6.36. The topological polar surface area (TPSA) is 85.2 Å². The Kier molecular flexibility index (Phi) is 6.09. The van der Waals surface area contributed by atoms with Gasteiger partial charge in [0.05, 0.1) is 27.8 Å². The van der Waals surface area contributed by atoms with E-state index in [1.165, 1.54) is 10.4 Å². The maximum absolute atomic E-state index is 5.03. The first-order valence-electron chi connectivity index (χ1n) is 12.1. The second kappa shape index (κ2) is 9.83. The summed E-state index contributed by atoms with van der Waals surface area (Å²) in [6, 6.07) is 23.1. The molecule has 6 aromatic rings.